The molecule has 0 aliphatic carbocycles. The van der Waals surface area contributed by atoms with Crippen molar-refractivity contribution in [3.63, 3.8) is 0 Å². The minimum absolute atomic E-state index is 0.271. The molecule has 2 aliphatic heterocycles. The van der Waals surface area contributed by atoms with E-state index in [1.807, 2.05) is 4.90 Å². The predicted molar refractivity (Wildman–Crippen MR) is 73.5 cm³/mol. The zero-order chi connectivity index (χ0) is 13.2. The molecule has 0 unspecified atom stereocenters. The third-order valence-electron chi connectivity index (χ3n) is 4.15. The monoisotopic (exact) mass is 251 g/mol. The zero-order valence-corrected chi connectivity index (χ0v) is 11.8. The molecule has 0 atom stereocenters. The molecule has 4 nitrogen and oxygen atoms in total. The van der Waals surface area contributed by atoms with Gasteiger partial charge in [0.1, 0.15) is 0 Å². The Morgan fingerprint density at radius 2 is 1.94 bits per heavy atom. The second-order valence-corrected chi connectivity index (χ2v) is 5.85. The molecule has 1 fully saturated rings. The molecule has 2 heterocycles. The van der Waals surface area contributed by atoms with Crippen LogP contribution >= 0.6 is 0 Å². The first-order valence-corrected chi connectivity index (χ1v) is 6.92. The van der Waals surface area contributed by atoms with Gasteiger partial charge in [0.2, 0.25) is 5.91 Å². The summed E-state index contributed by atoms with van der Waals surface area (Å²) in [4.78, 5) is 17.0. The van der Waals surface area contributed by atoms with E-state index in [0.717, 1.165) is 45.7 Å². The topological polar surface area (TPSA) is 35.6 Å². The summed E-state index contributed by atoms with van der Waals surface area (Å²) < 4.78 is 0. The molecule has 4 heteroatoms. The molecule has 2 rings (SSSR count). The molecule has 1 amide bonds. The molecule has 0 aromatic rings. The normalized spacial score (nSPS) is 22.8. The van der Waals surface area contributed by atoms with Crippen LogP contribution in [0.3, 0.4) is 0 Å². The number of hydrogen-bond donors (Lipinski definition) is 1. The van der Waals surface area contributed by atoms with Crippen molar-refractivity contribution in [1.82, 2.24) is 15.1 Å². The Balaban J connectivity index is 2.02. The van der Waals surface area contributed by atoms with Crippen molar-refractivity contribution in [3.05, 3.63) is 11.6 Å². The minimum Gasteiger partial charge on any atom is -0.337 e. The predicted octanol–water partition coefficient (Wildman–Crippen LogP) is 0.849. The summed E-state index contributed by atoms with van der Waals surface area (Å²) in [6, 6.07) is 0. The van der Waals surface area contributed by atoms with Crippen LogP contribution in [0.15, 0.2) is 11.6 Å². The van der Waals surface area contributed by atoms with Crippen LogP contribution in [-0.2, 0) is 4.79 Å². The Hall–Kier alpha value is -0.870. The van der Waals surface area contributed by atoms with E-state index >= 15 is 0 Å². The van der Waals surface area contributed by atoms with Crippen LogP contribution in [0.5, 0.6) is 0 Å². The van der Waals surface area contributed by atoms with Crippen LogP contribution in [0.2, 0.25) is 0 Å². The van der Waals surface area contributed by atoms with Gasteiger partial charge in [0.05, 0.1) is 5.54 Å². The molecule has 18 heavy (non-hydrogen) atoms. The van der Waals surface area contributed by atoms with Crippen molar-refractivity contribution in [2.24, 2.45) is 0 Å². The zero-order valence-electron chi connectivity index (χ0n) is 11.8. The van der Waals surface area contributed by atoms with Crippen LogP contribution in [0.25, 0.3) is 0 Å². The molecule has 0 aromatic heterocycles. The first kappa shape index (κ1) is 13.6. The summed E-state index contributed by atoms with van der Waals surface area (Å²) in [5.74, 6) is 0.271. The van der Waals surface area contributed by atoms with E-state index in [-0.39, 0.29) is 11.4 Å². The summed E-state index contributed by atoms with van der Waals surface area (Å²) in [6.45, 7) is 11.8. The summed E-state index contributed by atoms with van der Waals surface area (Å²) >= 11 is 0. The van der Waals surface area contributed by atoms with E-state index in [2.05, 4.69) is 37.1 Å². The SMILES string of the molecule is CC1=CCN(C(=O)C(C)(C)N2CCNCC2)CC1. The van der Waals surface area contributed by atoms with Crippen LogP contribution in [-0.4, -0.2) is 60.5 Å². The maximum absolute atomic E-state index is 12.7. The molecular weight excluding hydrogens is 226 g/mol. The number of nitrogens with one attached hydrogen (secondary N) is 1. The lowest BCUT2D eigenvalue weighted by molar-refractivity contribution is -0.142. The Morgan fingerprint density at radius 1 is 1.28 bits per heavy atom. The number of carbonyl (C=O) groups excluding carboxylic acids is 1. The van der Waals surface area contributed by atoms with Crippen LogP contribution in [0.4, 0.5) is 0 Å². The smallest absolute Gasteiger partial charge is 0.242 e. The number of carbonyl (C=O) groups is 1. The summed E-state index contributed by atoms with van der Waals surface area (Å²) in [5, 5.41) is 3.33. The first-order valence-electron chi connectivity index (χ1n) is 6.92. The number of rotatable bonds is 2. The molecule has 0 spiro atoms. The van der Waals surface area contributed by atoms with Crippen molar-refractivity contribution < 1.29 is 4.79 Å². The van der Waals surface area contributed by atoms with Gasteiger partial charge in [-0.15, -0.1) is 0 Å². The van der Waals surface area contributed by atoms with Crippen molar-refractivity contribution >= 4 is 5.91 Å². The molecule has 0 aromatic carbocycles. The van der Waals surface area contributed by atoms with Gasteiger partial charge >= 0.3 is 0 Å². The molecular formula is C14H25N3O. The van der Waals surface area contributed by atoms with Crippen molar-refractivity contribution in [3.8, 4) is 0 Å². The lowest BCUT2D eigenvalue weighted by Gasteiger charge is -2.43. The molecule has 0 bridgehead atoms. The standard InChI is InChI=1S/C14H25N3O/c1-12-4-8-16(9-5-12)13(18)14(2,3)17-10-6-15-7-11-17/h4,15H,5-11H2,1-3H3. The average molecular weight is 251 g/mol. The highest BCUT2D eigenvalue weighted by molar-refractivity contribution is 5.85. The summed E-state index contributed by atoms with van der Waals surface area (Å²) in [6.07, 6.45) is 3.19. The van der Waals surface area contributed by atoms with Crippen LogP contribution in [0.1, 0.15) is 27.2 Å². The Labute approximate surface area is 110 Å². The number of nitrogens with zero attached hydrogens (tertiary/aromatic N) is 2. The summed E-state index contributed by atoms with van der Waals surface area (Å²) in [5.41, 5.74) is 1.03. The molecule has 1 N–H and O–H groups in total. The highest BCUT2D eigenvalue weighted by Crippen LogP contribution is 2.21. The van der Waals surface area contributed by atoms with Gasteiger partial charge in [0.25, 0.3) is 0 Å². The van der Waals surface area contributed by atoms with Gasteiger partial charge in [-0.3, -0.25) is 9.69 Å². The van der Waals surface area contributed by atoms with Gasteiger partial charge in [0.15, 0.2) is 0 Å². The Kier molecular flexibility index (Phi) is 4.07. The first-order chi connectivity index (χ1) is 8.51. The molecule has 1 saturated heterocycles. The molecule has 102 valence electrons. The largest absolute Gasteiger partial charge is 0.337 e. The highest BCUT2D eigenvalue weighted by Gasteiger charge is 2.38. The van der Waals surface area contributed by atoms with Crippen LogP contribution in [0, 0.1) is 0 Å². The third-order valence-corrected chi connectivity index (χ3v) is 4.15. The fourth-order valence-corrected chi connectivity index (χ4v) is 2.70. The Bertz CT molecular complexity index is 343. The van der Waals surface area contributed by atoms with Crippen LogP contribution < -0.4 is 5.32 Å². The van der Waals surface area contributed by atoms with Crippen molar-refractivity contribution in [2.45, 2.75) is 32.7 Å². The van der Waals surface area contributed by atoms with Gasteiger partial charge in [-0.2, -0.15) is 0 Å². The molecule has 0 radical (unpaired) electrons. The van der Waals surface area contributed by atoms with E-state index in [0.29, 0.717) is 0 Å². The van der Waals surface area contributed by atoms with Gasteiger partial charge in [-0.05, 0) is 27.2 Å². The Morgan fingerprint density at radius 3 is 2.50 bits per heavy atom. The summed E-state index contributed by atoms with van der Waals surface area (Å²) in [7, 11) is 0. The number of amides is 1. The lowest BCUT2D eigenvalue weighted by Crippen LogP contribution is -2.61. The average Bonchev–Trinajstić information content (AvgIpc) is 2.40. The van der Waals surface area contributed by atoms with E-state index in [4.69, 9.17) is 0 Å². The maximum atomic E-state index is 12.7. The quantitative estimate of drug-likeness (QED) is 0.739. The van der Waals surface area contributed by atoms with E-state index in [1.54, 1.807) is 0 Å². The second kappa shape index (κ2) is 5.41. The fourth-order valence-electron chi connectivity index (χ4n) is 2.70. The minimum atomic E-state index is -0.374. The second-order valence-electron chi connectivity index (χ2n) is 5.85. The van der Waals surface area contributed by atoms with Crippen molar-refractivity contribution in [2.75, 3.05) is 39.3 Å². The third kappa shape index (κ3) is 2.75. The van der Waals surface area contributed by atoms with Gasteiger partial charge in [-0.25, -0.2) is 0 Å². The van der Waals surface area contributed by atoms with Crippen molar-refractivity contribution in [1.29, 1.82) is 0 Å². The van der Waals surface area contributed by atoms with E-state index in [1.165, 1.54) is 5.57 Å². The van der Waals surface area contributed by atoms with Gasteiger partial charge in [-0.1, -0.05) is 11.6 Å². The van der Waals surface area contributed by atoms with E-state index in [9.17, 15) is 4.79 Å². The fraction of sp³-hybridized carbons (Fsp3) is 0.786. The van der Waals surface area contributed by atoms with E-state index < -0.39 is 0 Å². The highest BCUT2D eigenvalue weighted by atomic mass is 16.2. The maximum Gasteiger partial charge on any atom is 0.242 e. The molecule has 2 aliphatic rings. The lowest BCUT2D eigenvalue weighted by atomic mass is 9.98. The number of piperazine rings is 1. The molecule has 0 saturated carbocycles. The van der Waals surface area contributed by atoms with Gasteiger partial charge < -0.3 is 10.2 Å². The van der Waals surface area contributed by atoms with Gasteiger partial charge in [0, 0.05) is 39.3 Å². The number of hydrogen-bond acceptors (Lipinski definition) is 3.